The molecule has 31 heavy (non-hydrogen) atoms. The Morgan fingerprint density at radius 2 is 1.32 bits per heavy atom. The van der Waals surface area contributed by atoms with Gasteiger partial charge in [0.05, 0.1) is 0 Å². The molecule has 2 rings (SSSR count). The van der Waals surface area contributed by atoms with Gasteiger partial charge in [-0.1, -0.05) is 74.0 Å². The van der Waals surface area contributed by atoms with E-state index >= 15 is 0 Å². The number of amidine groups is 1. The summed E-state index contributed by atoms with van der Waals surface area (Å²) in [6.07, 6.45) is 2.46. The van der Waals surface area contributed by atoms with Gasteiger partial charge in [-0.2, -0.15) is 0 Å². The topological polar surface area (TPSA) is 26.0 Å². The van der Waals surface area contributed by atoms with Crippen molar-refractivity contribution in [3.8, 4) is 0 Å². The minimum atomic E-state index is -10.7. The van der Waals surface area contributed by atoms with Crippen LogP contribution < -0.4 is 10.3 Å². The second kappa shape index (κ2) is 10.7. The molecule has 2 aromatic carbocycles. The first-order valence-corrected chi connectivity index (χ1v) is 12.9. The van der Waals surface area contributed by atoms with Gasteiger partial charge in [0, 0.05) is 5.75 Å². The molecule has 0 saturated heterocycles. The monoisotopic (exact) mass is 486 g/mol. The van der Waals surface area contributed by atoms with Gasteiger partial charge in [0.25, 0.3) is 0 Å². The van der Waals surface area contributed by atoms with Crippen LogP contribution in [-0.2, 0) is 0 Å². The zero-order valence-corrected chi connectivity index (χ0v) is 19.4. The summed E-state index contributed by atoms with van der Waals surface area (Å²) in [6, 6.07) is 21.8. The number of hydrogen-bond acceptors (Lipinski definition) is 1. The zero-order valence-electron chi connectivity index (χ0n) is 17.7. The molecule has 10 heteroatoms. The third kappa shape index (κ3) is 15.7. The first-order chi connectivity index (χ1) is 14.2. The van der Waals surface area contributed by atoms with Gasteiger partial charge < -0.3 is 0 Å². The number of hydrogen-bond donors (Lipinski definition) is 2. The normalized spacial score (nSPS) is 16.2. The van der Waals surface area contributed by atoms with Gasteiger partial charge in [0.1, 0.15) is 12.1 Å². The Hall–Kier alpha value is -1.73. The fraction of sp³-hybridized carbons (Fsp3) is 0.381. The second-order valence-electron chi connectivity index (χ2n) is 7.04. The van der Waals surface area contributed by atoms with E-state index < -0.39 is 7.81 Å². The molecule has 0 aliphatic rings. The summed E-state index contributed by atoms with van der Waals surface area (Å²) in [5, 5.41) is 4.82. The van der Waals surface area contributed by atoms with E-state index in [2.05, 4.69) is 91.7 Å². The Morgan fingerprint density at radius 3 is 1.77 bits per heavy atom. The van der Waals surface area contributed by atoms with E-state index in [0.29, 0.717) is 0 Å². The molecule has 2 aromatic rings. The van der Waals surface area contributed by atoms with Gasteiger partial charge in [-0.05, 0) is 43.2 Å². The number of rotatable bonds is 7. The number of unbranched alkanes of at least 4 members (excludes halogenated alkanes) is 1. The van der Waals surface area contributed by atoms with Crippen molar-refractivity contribution in [1.82, 2.24) is 5.32 Å². The van der Waals surface area contributed by atoms with Crippen molar-refractivity contribution < 1.29 is 30.2 Å². The van der Waals surface area contributed by atoms with E-state index in [1.807, 2.05) is 11.8 Å². The summed E-state index contributed by atoms with van der Waals surface area (Å²) in [5.74, 6) is 1.13. The van der Waals surface area contributed by atoms with Crippen LogP contribution in [0.5, 0.6) is 0 Å². The Kier molecular flexibility index (Phi) is 9.45. The summed E-state index contributed by atoms with van der Waals surface area (Å²) >= 11 is 1.89. The van der Waals surface area contributed by atoms with Gasteiger partial charge in [0.15, 0.2) is 0 Å². The standard InChI is InChI=1S/C21H28N2S.F6P/c1-4-5-16-24-21(22-17(2)19-12-8-6-9-13-19)23-18(3)20-14-10-7-11-15-20;1-7(2,3,4,5)6/h6-15,17-18H,4-5,16H2,1-3H3,(H,22,23);/q;-1/p+1/t17-,18-;/m0./s1. The Balaban J connectivity index is 0.000000592. The number of nitrogens with one attached hydrogen (secondary N) is 2. The van der Waals surface area contributed by atoms with Crippen molar-refractivity contribution in [2.24, 2.45) is 0 Å². The number of halogens is 6. The van der Waals surface area contributed by atoms with Crippen LogP contribution in [0.15, 0.2) is 60.7 Å². The van der Waals surface area contributed by atoms with Crippen LogP contribution in [0.25, 0.3) is 0 Å². The van der Waals surface area contributed by atoms with E-state index in [-0.39, 0.29) is 12.1 Å². The zero-order chi connectivity index (χ0) is 23.6. The summed E-state index contributed by atoms with van der Waals surface area (Å²) in [6.45, 7) is 6.66. The average molecular weight is 487 g/mol. The molecule has 2 N–H and O–H groups in total. The minimum absolute atomic E-state index is 0.283. The average Bonchev–Trinajstić information content (AvgIpc) is 2.67. The Morgan fingerprint density at radius 1 is 0.871 bits per heavy atom. The molecule has 0 bridgehead atoms. The van der Waals surface area contributed by atoms with E-state index in [0.717, 1.165) is 10.9 Å². The van der Waals surface area contributed by atoms with Crippen molar-refractivity contribution in [3.63, 3.8) is 0 Å². The molecule has 0 amide bonds. The van der Waals surface area contributed by atoms with E-state index in [9.17, 15) is 25.2 Å². The van der Waals surface area contributed by atoms with Gasteiger partial charge in [-0.15, -0.1) is 0 Å². The number of thioether (sulfide) groups is 1. The van der Waals surface area contributed by atoms with Crippen molar-refractivity contribution in [2.45, 2.75) is 45.7 Å². The maximum absolute atomic E-state index is 10.7. The van der Waals surface area contributed by atoms with E-state index in [4.69, 9.17) is 0 Å². The van der Waals surface area contributed by atoms with Crippen molar-refractivity contribution in [1.29, 1.82) is 0 Å². The fourth-order valence-electron chi connectivity index (χ4n) is 2.49. The SMILES string of the molecule is CCCCSC(N[C@@H](C)c1ccccc1)=[NH+][C@@H](C)c1ccccc1.F[P-](F)(F)(F)(F)F. The first kappa shape index (κ1) is 27.3. The third-order valence-electron chi connectivity index (χ3n) is 4.04. The third-order valence-corrected chi connectivity index (χ3v) is 5.06. The Bertz CT molecular complexity index is 803. The predicted molar refractivity (Wildman–Crippen MR) is 120 cm³/mol. The molecule has 0 aromatic heterocycles. The molecular weight excluding hydrogens is 457 g/mol. The van der Waals surface area contributed by atoms with Gasteiger partial charge >= 0.3 is 38.2 Å². The molecule has 0 heterocycles. The molecule has 0 aliphatic carbocycles. The fourth-order valence-corrected chi connectivity index (χ4v) is 3.64. The predicted octanol–water partition coefficient (Wildman–Crippen LogP) is 7.45. The van der Waals surface area contributed by atoms with Gasteiger partial charge in [-0.3, -0.25) is 10.3 Å². The molecule has 0 aliphatic heterocycles. The van der Waals surface area contributed by atoms with Crippen LogP contribution in [-0.4, -0.2) is 10.9 Å². The van der Waals surface area contributed by atoms with Crippen LogP contribution >= 0.6 is 19.6 Å². The molecular formula is C21H29F6N2PS. The first-order valence-electron chi connectivity index (χ1n) is 9.84. The van der Waals surface area contributed by atoms with Crippen molar-refractivity contribution >= 4 is 24.7 Å². The maximum atomic E-state index is 9.87. The van der Waals surface area contributed by atoms with Crippen molar-refractivity contribution in [2.75, 3.05) is 5.75 Å². The molecule has 0 unspecified atom stereocenters. The van der Waals surface area contributed by atoms with Crippen LogP contribution in [0.1, 0.15) is 56.8 Å². The summed E-state index contributed by atoms with van der Waals surface area (Å²) in [7, 11) is -10.7. The molecule has 2 atom stereocenters. The van der Waals surface area contributed by atoms with E-state index in [1.165, 1.54) is 24.0 Å². The molecule has 176 valence electrons. The van der Waals surface area contributed by atoms with Crippen LogP contribution in [0.2, 0.25) is 0 Å². The molecule has 2 nitrogen and oxygen atoms in total. The molecule has 0 spiro atoms. The molecule has 0 fully saturated rings. The van der Waals surface area contributed by atoms with Crippen LogP contribution in [0.4, 0.5) is 25.2 Å². The summed E-state index contributed by atoms with van der Waals surface area (Å²) in [4.78, 5) is 3.66. The summed E-state index contributed by atoms with van der Waals surface area (Å²) < 4.78 is 59.2. The second-order valence-corrected chi connectivity index (χ2v) is 10.1. The van der Waals surface area contributed by atoms with Crippen LogP contribution in [0.3, 0.4) is 0 Å². The molecule has 0 saturated carbocycles. The van der Waals surface area contributed by atoms with Crippen LogP contribution in [0, 0.1) is 0 Å². The Labute approximate surface area is 183 Å². The summed E-state index contributed by atoms with van der Waals surface area (Å²) in [5.41, 5.74) is 2.61. The van der Waals surface area contributed by atoms with Gasteiger partial charge in [0.2, 0.25) is 0 Å². The van der Waals surface area contributed by atoms with Gasteiger partial charge in [-0.25, -0.2) is 0 Å². The number of benzene rings is 2. The quantitative estimate of drug-likeness (QED) is 0.140. The molecule has 0 radical (unpaired) electrons. The van der Waals surface area contributed by atoms with E-state index in [1.54, 1.807) is 0 Å². The van der Waals surface area contributed by atoms with Crippen molar-refractivity contribution in [3.05, 3.63) is 71.8 Å².